The number of benzene rings is 1. The monoisotopic (exact) mass is 192 g/mol. The molecule has 0 unspecified atom stereocenters. The van der Waals surface area contributed by atoms with Crippen LogP contribution in [0.4, 0.5) is 0 Å². The summed E-state index contributed by atoms with van der Waals surface area (Å²) in [6.45, 7) is 0. The summed E-state index contributed by atoms with van der Waals surface area (Å²) in [6.07, 6.45) is 0. The molecule has 1 aromatic carbocycles. The molecule has 1 nitrogen and oxygen atoms in total. The Morgan fingerprint density at radius 1 is 1.27 bits per heavy atom. The van der Waals surface area contributed by atoms with Crippen LogP contribution in [0.15, 0.2) is 35.2 Å². The van der Waals surface area contributed by atoms with Gasteiger partial charge < -0.3 is 5.73 Å². The summed E-state index contributed by atoms with van der Waals surface area (Å²) in [5.74, 6) is 0. The van der Waals surface area contributed by atoms with Gasteiger partial charge in [-0.15, -0.1) is 0 Å². The standard InChI is InChI=1S/C7H7NS2.Na/c8-7(9)10-6-4-2-1-3-5-6;/h1-5H,(H2,8,9);. The molecule has 1 radical (unpaired) electrons. The van der Waals surface area contributed by atoms with Crippen LogP contribution in [-0.4, -0.2) is 33.9 Å². The number of nitrogens with two attached hydrogens (primary N) is 1. The van der Waals surface area contributed by atoms with Crippen molar-refractivity contribution in [3.05, 3.63) is 30.3 Å². The molecule has 0 bridgehead atoms. The summed E-state index contributed by atoms with van der Waals surface area (Å²) in [5.41, 5.74) is 5.32. The Kier molecular flexibility index (Phi) is 6.28. The molecule has 0 aliphatic heterocycles. The van der Waals surface area contributed by atoms with Crippen molar-refractivity contribution >= 4 is 57.9 Å². The van der Waals surface area contributed by atoms with Gasteiger partial charge in [0.1, 0.15) is 4.32 Å². The minimum absolute atomic E-state index is 0. The average molecular weight is 192 g/mol. The van der Waals surface area contributed by atoms with Gasteiger partial charge in [0.05, 0.1) is 0 Å². The predicted octanol–water partition coefficient (Wildman–Crippen LogP) is 1.64. The molecule has 0 aromatic heterocycles. The number of rotatable bonds is 1. The van der Waals surface area contributed by atoms with E-state index in [2.05, 4.69) is 0 Å². The first-order valence-electron chi connectivity index (χ1n) is 2.81. The van der Waals surface area contributed by atoms with Gasteiger partial charge in [-0.25, -0.2) is 0 Å². The van der Waals surface area contributed by atoms with Crippen LogP contribution in [-0.2, 0) is 0 Å². The second kappa shape index (κ2) is 6.03. The third-order valence-corrected chi connectivity index (χ3v) is 1.92. The van der Waals surface area contributed by atoms with Crippen LogP contribution < -0.4 is 5.73 Å². The second-order valence-corrected chi connectivity index (χ2v) is 3.55. The first-order valence-corrected chi connectivity index (χ1v) is 4.04. The number of thiocarbonyl (C=S) groups is 1. The fraction of sp³-hybridized carbons (Fsp3) is 0. The Balaban J connectivity index is 0.000001000. The van der Waals surface area contributed by atoms with E-state index in [1.165, 1.54) is 11.8 Å². The van der Waals surface area contributed by atoms with E-state index in [0.29, 0.717) is 4.32 Å². The largest absolute Gasteiger partial charge is 0.384 e. The molecule has 11 heavy (non-hydrogen) atoms. The normalized spacial score (nSPS) is 8.36. The van der Waals surface area contributed by atoms with E-state index in [1.807, 2.05) is 30.3 Å². The Labute approximate surface area is 98.0 Å². The number of hydrogen-bond donors (Lipinski definition) is 1. The van der Waals surface area contributed by atoms with Crippen molar-refractivity contribution in [2.24, 2.45) is 5.73 Å². The Hall–Kier alpha value is 0.460. The van der Waals surface area contributed by atoms with Crippen molar-refractivity contribution in [2.75, 3.05) is 0 Å². The summed E-state index contributed by atoms with van der Waals surface area (Å²) in [6, 6.07) is 9.83. The molecule has 0 aliphatic carbocycles. The summed E-state index contributed by atoms with van der Waals surface area (Å²) >= 11 is 6.13. The Morgan fingerprint density at radius 2 is 1.82 bits per heavy atom. The zero-order valence-corrected chi connectivity index (χ0v) is 9.91. The van der Waals surface area contributed by atoms with Crippen molar-refractivity contribution in [2.45, 2.75) is 4.90 Å². The summed E-state index contributed by atoms with van der Waals surface area (Å²) in [4.78, 5) is 1.09. The van der Waals surface area contributed by atoms with E-state index >= 15 is 0 Å². The summed E-state index contributed by atoms with van der Waals surface area (Å²) in [7, 11) is 0. The van der Waals surface area contributed by atoms with Crippen LogP contribution in [0.1, 0.15) is 0 Å². The van der Waals surface area contributed by atoms with Crippen molar-refractivity contribution in [1.82, 2.24) is 0 Å². The van der Waals surface area contributed by atoms with Gasteiger partial charge in [0.25, 0.3) is 0 Å². The van der Waals surface area contributed by atoms with Gasteiger partial charge in [0.15, 0.2) is 0 Å². The molecule has 0 aliphatic rings. The fourth-order valence-electron chi connectivity index (χ4n) is 0.605. The van der Waals surface area contributed by atoms with E-state index in [9.17, 15) is 0 Å². The Bertz CT molecular complexity index is 225. The smallest absolute Gasteiger partial charge is 0.135 e. The van der Waals surface area contributed by atoms with Crippen LogP contribution in [0.25, 0.3) is 0 Å². The predicted molar refractivity (Wildman–Crippen MR) is 54.8 cm³/mol. The zero-order chi connectivity index (χ0) is 7.40. The average Bonchev–Trinajstić information content (AvgIpc) is 1.88. The molecule has 0 spiro atoms. The molecule has 4 heteroatoms. The Morgan fingerprint density at radius 3 is 2.27 bits per heavy atom. The van der Waals surface area contributed by atoms with E-state index in [4.69, 9.17) is 18.0 Å². The summed E-state index contributed by atoms with van der Waals surface area (Å²) < 4.78 is 0.464. The van der Waals surface area contributed by atoms with Crippen LogP contribution in [0, 0.1) is 0 Å². The zero-order valence-electron chi connectivity index (χ0n) is 6.28. The first-order chi connectivity index (χ1) is 4.79. The third kappa shape index (κ3) is 4.82. The molecule has 0 amide bonds. The van der Waals surface area contributed by atoms with Gasteiger partial charge >= 0.3 is 0 Å². The van der Waals surface area contributed by atoms with Crippen LogP contribution in [0.5, 0.6) is 0 Å². The SMILES string of the molecule is NC(=S)Sc1ccccc1.[Na]. The van der Waals surface area contributed by atoms with E-state index in [1.54, 1.807) is 0 Å². The van der Waals surface area contributed by atoms with Crippen LogP contribution in [0.2, 0.25) is 0 Å². The van der Waals surface area contributed by atoms with Gasteiger partial charge in [0.2, 0.25) is 0 Å². The number of thioether (sulfide) groups is 1. The van der Waals surface area contributed by atoms with Gasteiger partial charge in [-0.3, -0.25) is 0 Å². The minimum Gasteiger partial charge on any atom is -0.384 e. The molecule has 1 rings (SSSR count). The topological polar surface area (TPSA) is 26.0 Å². The van der Waals surface area contributed by atoms with E-state index in [-0.39, 0.29) is 29.6 Å². The van der Waals surface area contributed by atoms with Crippen molar-refractivity contribution < 1.29 is 0 Å². The molecule has 0 heterocycles. The van der Waals surface area contributed by atoms with E-state index < -0.39 is 0 Å². The molecule has 0 saturated carbocycles. The molecule has 0 atom stereocenters. The second-order valence-electron chi connectivity index (χ2n) is 1.73. The molecular weight excluding hydrogens is 185 g/mol. The quantitative estimate of drug-likeness (QED) is 0.416. The third-order valence-electron chi connectivity index (χ3n) is 0.962. The van der Waals surface area contributed by atoms with Gasteiger partial charge in [-0.05, 0) is 12.1 Å². The first kappa shape index (κ1) is 11.5. The fourth-order valence-corrected chi connectivity index (χ4v) is 1.42. The maximum Gasteiger partial charge on any atom is 0.135 e. The van der Waals surface area contributed by atoms with Gasteiger partial charge in [-0.1, -0.05) is 42.2 Å². The van der Waals surface area contributed by atoms with Crippen LogP contribution >= 0.6 is 24.0 Å². The van der Waals surface area contributed by atoms with E-state index in [0.717, 1.165) is 4.90 Å². The van der Waals surface area contributed by atoms with Crippen molar-refractivity contribution in [3.63, 3.8) is 0 Å². The molecular formula is C7H7NNaS2. The number of hydrogen-bond acceptors (Lipinski definition) is 2. The maximum atomic E-state index is 5.32. The minimum atomic E-state index is 0. The molecule has 0 fully saturated rings. The maximum absolute atomic E-state index is 5.32. The van der Waals surface area contributed by atoms with Crippen molar-refractivity contribution in [1.29, 1.82) is 0 Å². The molecule has 2 N–H and O–H groups in total. The van der Waals surface area contributed by atoms with Gasteiger partial charge in [-0.2, -0.15) is 0 Å². The van der Waals surface area contributed by atoms with Gasteiger partial charge in [0, 0.05) is 34.5 Å². The molecule has 0 saturated heterocycles. The molecule has 53 valence electrons. The van der Waals surface area contributed by atoms with Crippen molar-refractivity contribution in [3.8, 4) is 0 Å². The summed E-state index contributed by atoms with van der Waals surface area (Å²) in [5, 5.41) is 0. The molecule has 1 aromatic rings. The van der Waals surface area contributed by atoms with Crippen LogP contribution in [0.3, 0.4) is 0 Å².